The Labute approximate surface area is 189 Å². The third kappa shape index (κ3) is 4.60. The number of amides is 1. The Hall–Kier alpha value is -2.24. The van der Waals surface area contributed by atoms with Gasteiger partial charge >= 0.3 is 13.3 Å². The Morgan fingerprint density at radius 1 is 1.22 bits per heavy atom. The normalized spacial score (nSPS) is 17.5. The smallest absolute Gasteiger partial charge is 0.494 e. The molecule has 0 aliphatic carbocycles. The third-order valence-corrected chi connectivity index (χ3v) is 5.88. The molecule has 0 atom stereocenters. The molecule has 0 spiro atoms. The summed E-state index contributed by atoms with van der Waals surface area (Å²) in [7, 11) is 0.360. The minimum absolute atomic E-state index is 0.00888. The van der Waals surface area contributed by atoms with E-state index in [4.69, 9.17) is 25.6 Å². The van der Waals surface area contributed by atoms with Crippen molar-refractivity contribution in [3.8, 4) is 5.75 Å². The van der Waals surface area contributed by atoms with Crippen molar-refractivity contribution in [1.82, 2.24) is 9.78 Å². The molecule has 1 aromatic heterocycles. The number of aromatic nitrogens is 2. The molecule has 32 heavy (non-hydrogen) atoms. The molecule has 0 unspecified atom stereocenters. The fraction of sp³-hybridized carbons (Fsp3) is 0.500. The summed E-state index contributed by atoms with van der Waals surface area (Å²) in [6.45, 7) is 9.68. The largest absolute Gasteiger partial charge is 0.498 e. The Morgan fingerprint density at radius 3 is 2.31 bits per heavy atom. The molecular formula is C20H24BClF3N3O4. The van der Waals surface area contributed by atoms with E-state index in [1.54, 1.807) is 6.92 Å². The predicted octanol–water partition coefficient (Wildman–Crippen LogP) is 4.04. The number of halogens is 4. The van der Waals surface area contributed by atoms with Gasteiger partial charge in [-0.2, -0.15) is 18.3 Å². The van der Waals surface area contributed by atoms with Crippen molar-refractivity contribution in [1.29, 1.82) is 0 Å². The summed E-state index contributed by atoms with van der Waals surface area (Å²) in [6, 6.07) is 3.66. The maximum Gasteiger partial charge on any atom is 0.498 e. The van der Waals surface area contributed by atoms with E-state index in [2.05, 4.69) is 10.4 Å². The van der Waals surface area contributed by atoms with Gasteiger partial charge in [-0.15, -0.1) is 0 Å². The van der Waals surface area contributed by atoms with Gasteiger partial charge in [0.1, 0.15) is 11.4 Å². The monoisotopic (exact) mass is 473 g/mol. The summed E-state index contributed by atoms with van der Waals surface area (Å²) in [4.78, 5) is 12.8. The molecule has 2 aromatic rings. The highest BCUT2D eigenvalue weighted by Gasteiger charge is 2.52. The minimum Gasteiger partial charge on any atom is -0.494 e. The number of ether oxygens (including phenoxy) is 1. The number of benzene rings is 1. The van der Waals surface area contributed by atoms with E-state index < -0.39 is 36.1 Å². The summed E-state index contributed by atoms with van der Waals surface area (Å²) in [5.41, 5.74) is -1.68. The van der Waals surface area contributed by atoms with Gasteiger partial charge in [-0.3, -0.25) is 9.48 Å². The summed E-state index contributed by atoms with van der Waals surface area (Å²) in [6.07, 6.45) is -4.60. The van der Waals surface area contributed by atoms with Crippen LogP contribution in [0.1, 0.15) is 50.7 Å². The number of nitrogens with one attached hydrogen (secondary N) is 1. The highest BCUT2D eigenvalue weighted by Crippen LogP contribution is 2.38. The molecule has 0 saturated carbocycles. The maximum absolute atomic E-state index is 13.0. The standard InChI is InChI=1S/C20H24BClF3N3O4/c1-7-30-14-8-11(17(29)26-16-10-15(20(23,24)25)28(6)27-16)13(22)9-12(14)21-31-18(2,3)19(4,5)32-21/h8-10H,7H2,1-6H3,(H,26,27,29). The molecule has 0 radical (unpaired) electrons. The number of hydrogen-bond donors (Lipinski definition) is 1. The molecular weight excluding hydrogens is 449 g/mol. The molecule has 1 aromatic carbocycles. The lowest BCUT2D eigenvalue weighted by molar-refractivity contribution is -0.143. The second-order valence-corrected chi connectivity index (χ2v) is 8.79. The molecule has 1 fully saturated rings. The lowest BCUT2D eigenvalue weighted by Gasteiger charge is -2.32. The Kier molecular flexibility index (Phi) is 6.31. The van der Waals surface area contributed by atoms with Gasteiger partial charge in [0.2, 0.25) is 0 Å². The van der Waals surface area contributed by atoms with E-state index in [0.717, 1.165) is 13.1 Å². The first kappa shape index (κ1) is 24.4. The molecule has 1 N–H and O–H groups in total. The second-order valence-electron chi connectivity index (χ2n) is 8.38. The van der Waals surface area contributed by atoms with E-state index in [-0.39, 0.29) is 16.4 Å². The highest BCUT2D eigenvalue weighted by molar-refractivity contribution is 6.63. The van der Waals surface area contributed by atoms with E-state index in [1.165, 1.54) is 12.1 Å². The van der Waals surface area contributed by atoms with Crippen LogP contribution in [-0.2, 0) is 22.5 Å². The fourth-order valence-corrected chi connectivity index (χ4v) is 3.41. The van der Waals surface area contributed by atoms with Crippen LogP contribution in [0, 0.1) is 0 Å². The van der Waals surface area contributed by atoms with Crippen molar-refractivity contribution in [3.63, 3.8) is 0 Å². The lowest BCUT2D eigenvalue weighted by atomic mass is 9.78. The van der Waals surface area contributed by atoms with Crippen LogP contribution < -0.4 is 15.5 Å². The molecule has 1 aliphatic rings. The number of alkyl halides is 3. The first-order chi connectivity index (χ1) is 14.7. The molecule has 1 amide bonds. The van der Waals surface area contributed by atoms with E-state index in [1.807, 2.05) is 27.7 Å². The van der Waals surface area contributed by atoms with Crippen LogP contribution in [0.15, 0.2) is 18.2 Å². The van der Waals surface area contributed by atoms with E-state index >= 15 is 0 Å². The Bertz CT molecular complexity index is 1020. The average molecular weight is 474 g/mol. The number of carbonyl (C=O) groups is 1. The maximum atomic E-state index is 13.0. The summed E-state index contributed by atoms with van der Waals surface area (Å²) in [5, 5.41) is 6.10. The zero-order valence-corrected chi connectivity index (χ0v) is 19.3. The minimum atomic E-state index is -4.60. The molecule has 2 heterocycles. The molecule has 1 saturated heterocycles. The van der Waals surface area contributed by atoms with Gasteiger partial charge in [0, 0.05) is 18.6 Å². The molecule has 1 aliphatic heterocycles. The molecule has 174 valence electrons. The van der Waals surface area contributed by atoms with Crippen LogP contribution >= 0.6 is 11.6 Å². The van der Waals surface area contributed by atoms with Gasteiger partial charge < -0.3 is 19.4 Å². The van der Waals surface area contributed by atoms with Crippen LogP contribution in [-0.4, -0.2) is 40.6 Å². The molecule has 3 rings (SSSR count). The third-order valence-electron chi connectivity index (χ3n) is 5.56. The lowest BCUT2D eigenvalue weighted by Crippen LogP contribution is -2.41. The van der Waals surface area contributed by atoms with Gasteiger partial charge in [0.05, 0.1) is 28.4 Å². The zero-order chi connectivity index (χ0) is 24.1. The first-order valence-corrected chi connectivity index (χ1v) is 10.3. The van der Waals surface area contributed by atoms with E-state index in [0.29, 0.717) is 22.5 Å². The number of carbonyl (C=O) groups excluding carboxylic acids is 1. The van der Waals surface area contributed by atoms with Crippen LogP contribution in [0.25, 0.3) is 0 Å². The number of anilines is 1. The topological polar surface area (TPSA) is 74.6 Å². The van der Waals surface area contributed by atoms with Gasteiger partial charge in [-0.05, 0) is 46.8 Å². The van der Waals surface area contributed by atoms with Gasteiger partial charge in [0.15, 0.2) is 5.82 Å². The van der Waals surface area contributed by atoms with Crippen molar-refractivity contribution < 1.29 is 32.0 Å². The predicted molar refractivity (Wildman–Crippen MR) is 115 cm³/mol. The van der Waals surface area contributed by atoms with Crippen molar-refractivity contribution in [2.75, 3.05) is 11.9 Å². The van der Waals surface area contributed by atoms with Crippen molar-refractivity contribution >= 4 is 35.9 Å². The molecule has 0 bridgehead atoms. The SMILES string of the molecule is CCOc1cc(C(=O)Nc2cc(C(F)(F)F)n(C)n2)c(Cl)cc1B1OC(C)(C)C(C)(C)O1. The number of hydrogen-bond acceptors (Lipinski definition) is 5. The average Bonchev–Trinajstić information content (AvgIpc) is 3.11. The van der Waals surface area contributed by atoms with Crippen LogP contribution in [0.3, 0.4) is 0 Å². The summed E-state index contributed by atoms with van der Waals surface area (Å²) >= 11 is 6.36. The Morgan fingerprint density at radius 2 is 1.81 bits per heavy atom. The highest BCUT2D eigenvalue weighted by atomic mass is 35.5. The van der Waals surface area contributed by atoms with Gasteiger partial charge in [-0.1, -0.05) is 11.6 Å². The summed E-state index contributed by atoms with van der Waals surface area (Å²) in [5.74, 6) is -0.672. The molecule has 7 nitrogen and oxygen atoms in total. The van der Waals surface area contributed by atoms with Crippen molar-refractivity contribution in [2.24, 2.45) is 7.05 Å². The van der Waals surface area contributed by atoms with Crippen LogP contribution in [0.4, 0.5) is 19.0 Å². The zero-order valence-electron chi connectivity index (χ0n) is 18.6. The van der Waals surface area contributed by atoms with Gasteiger partial charge in [0.25, 0.3) is 5.91 Å². The number of nitrogens with zero attached hydrogens (tertiary/aromatic N) is 2. The number of rotatable bonds is 5. The van der Waals surface area contributed by atoms with Gasteiger partial charge in [-0.25, -0.2) is 0 Å². The van der Waals surface area contributed by atoms with Crippen molar-refractivity contribution in [2.45, 2.75) is 52.0 Å². The van der Waals surface area contributed by atoms with E-state index in [9.17, 15) is 18.0 Å². The first-order valence-electron chi connectivity index (χ1n) is 9.90. The Balaban J connectivity index is 1.92. The van der Waals surface area contributed by atoms with Crippen LogP contribution in [0.5, 0.6) is 5.75 Å². The fourth-order valence-electron chi connectivity index (χ4n) is 3.15. The van der Waals surface area contributed by atoms with Crippen molar-refractivity contribution in [3.05, 3.63) is 34.5 Å². The quantitative estimate of drug-likeness (QED) is 0.664. The summed E-state index contributed by atoms with van der Waals surface area (Å²) < 4.78 is 57.4. The van der Waals surface area contributed by atoms with Crippen LogP contribution in [0.2, 0.25) is 5.02 Å². The molecule has 12 heteroatoms. The second kappa shape index (κ2) is 8.28. The number of aryl methyl sites for hydroxylation is 1.